The fraction of sp³-hybridized carbons (Fsp3) is 0.667. The van der Waals surface area contributed by atoms with Crippen molar-refractivity contribution in [2.45, 2.75) is 58.0 Å². The second-order valence-electron chi connectivity index (χ2n) is 7.06. The molecule has 0 aromatic heterocycles. The number of nitrogens with one attached hydrogen (secondary N) is 1. The molecule has 1 aliphatic heterocycles. The van der Waals surface area contributed by atoms with Crippen molar-refractivity contribution in [3.05, 3.63) is 29.8 Å². The molecule has 20 heavy (non-hydrogen) atoms. The van der Waals surface area contributed by atoms with E-state index in [-0.39, 0.29) is 0 Å². The molecule has 0 unspecified atom stereocenters. The van der Waals surface area contributed by atoms with Crippen molar-refractivity contribution in [3.63, 3.8) is 0 Å². The minimum atomic E-state index is 0.297. The lowest BCUT2D eigenvalue weighted by Crippen LogP contribution is -2.40. The fourth-order valence-electron chi connectivity index (χ4n) is 3.26. The van der Waals surface area contributed by atoms with Crippen LogP contribution in [0.3, 0.4) is 0 Å². The number of anilines is 1. The molecular formula is C18H28N2. The Morgan fingerprint density at radius 2 is 1.70 bits per heavy atom. The summed E-state index contributed by atoms with van der Waals surface area (Å²) in [7, 11) is 0. The number of nitrogens with zero attached hydrogens (tertiary/aromatic N) is 1. The number of rotatable bonds is 5. The summed E-state index contributed by atoms with van der Waals surface area (Å²) in [4.78, 5) is 2.52. The summed E-state index contributed by atoms with van der Waals surface area (Å²) in [5.74, 6) is 0.884. The molecule has 2 aliphatic rings. The van der Waals surface area contributed by atoms with Crippen LogP contribution in [-0.4, -0.2) is 18.6 Å². The van der Waals surface area contributed by atoms with Gasteiger partial charge < -0.3 is 10.2 Å². The van der Waals surface area contributed by atoms with Crippen LogP contribution in [-0.2, 0) is 6.54 Å². The molecule has 1 aromatic carbocycles. The van der Waals surface area contributed by atoms with E-state index >= 15 is 0 Å². The Bertz CT molecular complexity index is 425. The van der Waals surface area contributed by atoms with Gasteiger partial charge in [0, 0.05) is 30.9 Å². The first kappa shape index (κ1) is 13.9. The van der Waals surface area contributed by atoms with E-state index in [0.29, 0.717) is 5.54 Å². The summed E-state index contributed by atoms with van der Waals surface area (Å²) in [5, 5.41) is 3.72. The van der Waals surface area contributed by atoms with Crippen LogP contribution >= 0.6 is 0 Å². The van der Waals surface area contributed by atoms with Crippen molar-refractivity contribution in [2.24, 2.45) is 5.92 Å². The average Bonchev–Trinajstić information content (AvgIpc) is 3.32. The molecule has 1 aliphatic carbocycles. The quantitative estimate of drug-likeness (QED) is 0.873. The third-order valence-corrected chi connectivity index (χ3v) is 5.00. The normalized spacial score (nSPS) is 20.2. The molecule has 0 spiro atoms. The first-order valence-corrected chi connectivity index (χ1v) is 8.24. The van der Waals surface area contributed by atoms with Gasteiger partial charge in [-0.25, -0.2) is 0 Å². The Labute approximate surface area is 123 Å². The van der Waals surface area contributed by atoms with Crippen molar-refractivity contribution in [3.8, 4) is 0 Å². The third kappa shape index (κ3) is 3.35. The summed E-state index contributed by atoms with van der Waals surface area (Å²) in [6.07, 6.45) is 6.88. The van der Waals surface area contributed by atoms with Crippen molar-refractivity contribution >= 4 is 5.69 Å². The summed E-state index contributed by atoms with van der Waals surface area (Å²) < 4.78 is 0. The first-order chi connectivity index (χ1) is 9.65. The molecule has 1 saturated heterocycles. The van der Waals surface area contributed by atoms with Gasteiger partial charge in [0.2, 0.25) is 0 Å². The molecule has 0 radical (unpaired) electrons. The monoisotopic (exact) mass is 272 g/mol. The van der Waals surface area contributed by atoms with E-state index in [2.05, 4.69) is 48.3 Å². The molecule has 1 saturated carbocycles. The molecule has 0 atom stereocenters. The third-order valence-electron chi connectivity index (χ3n) is 5.00. The molecule has 3 rings (SSSR count). The minimum Gasteiger partial charge on any atom is -0.372 e. The fourth-order valence-corrected chi connectivity index (χ4v) is 3.26. The highest BCUT2D eigenvalue weighted by Crippen LogP contribution is 2.39. The molecular weight excluding hydrogens is 244 g/mol. The molecule has 110 valence electrons. The maximum atomic E-state index is 3.72. The molecule has 2 heteroatoms. The van der Waals surface area contributed by atoms with E-state index in [1.807, 2.05) is 0 Å². The molecule has 1 aromatic rings. The van der Waals surface area contributed by atoms with Crippen LogP contribution in [0, 0.1) is 5.92 Å². The molecule has 0 bridgehead atoms. The van der Waals surface area contributed by atoms with Gasteiger partial charge in [-0.1, -0.05) is 12.1 Å². The molecule has 1 heterocycles. The second kappa shape index (κ2) is 5.77. The highest BCUT2D eigenvalue weighted by molar-refractivity contribution is 5.47. The molecule has 1 N–H and O–H groups in total. The molecule has 2 fully saturated rings. The zero-order valence-electron chi connectivity index (χ0n) is 13.0. The lowest BCUT2D eigenvalue weighted by molar-refractivity contribution is 0.339. The lowest BCUT2D eigenvalue weighted by atomic mass is 9.98. The highest BCUT2D eigenvalue weighted by atomic mass is 15.1. The second-order valence-corrected chi connectivity index (χ2v) is 7.06. The molecule has 2 nitrogen and oxygen atoms in total. The average molecular weight is 272 g/mol. The summed E-state index contributed by atoms with van der Waals surface area (Å²) in [5.41, 5.74) is 3.10. The van der Waals surface area contributed by atoms with Crippen LogP contribution in [0.5, 0.6) is 0 Å². The molecule has 0 amide bonds. The Hall–Kier alpha value is -1.02. The lowest BCUT2D eigenvalue weighted by Gasteiger charge is -2.29. The first-order valence-electron chi connectivity index (χ1n) is 8.24. The van der Waals surface area contributed by atoms with Gasteiger partial charge in [-0.15, -0.1) is 0 Å². The zero-order chi connectivity index (χ0) is 14.0. The van der Waals surface area contributed by atoms with E-state index in [9.17, 15) is 0 Å². The van der Waals surface area contributed by atoms with Gasteiger partial charge in [0.1, 0.15) is 0 Å². The van der Waals surface area contributed by atoms with Crippen LogP contribution in [0.1, 0.15) is 51.5 Å². The predicted molar refractivity (Wildman–Crippen MR) is 86.1 cm³/mol. The number of hydrogen-bond acceptors (Lipinski definition) is 2. The summed E-state index contributed by atoms with van der Waals surface area (Å²) >= 11 is 0. The van der Waals surface area contributed by atoms with Gasteiger partial charge in [-0.3, -0.25) is 0 Å². The van der Waals surface area contributed by atoms with Crippen LogP contribution in [0.2, 0.25) is 0 Å². The number of benzene rings is 1. The Morgan fingerprint density at radius 3 is 2.30 bits per heavy atom. The van der Waals surface area contributed by atoms with Crippen molar-refractivity contribution in [1.82, 2.24) is 5.32 Å². The topological polar surface area (TPSA) is 15.3 Å². The van der Waals surface area contributed by atoms with Crippen LogP contribution in [0.25, 0.3) is 0 Å². The zero-order valence-corrected chi connectivity index (χ0v) is 13.0. The summed E-state index contributed by atoms with van der Waals surface area (Å²) in [6.45, 7) is 8.13. The number of piperidine rings is 1. The Balaban J connectivity index is 1.55. The number of hydrogen-bond donors (Lipinski definition) is 1. The highest BCUT2D eigenvalue weighted by Gasteiger charge is 2.37. The minimum absolute atomic E-state index is 0.297. The van der Waals surface area contributed by atoms with Crippen LogP contribution < -0.4 is 10.2 Å². The summed E-state index contributed by atoms with van der Waals surface area (Å²) in [6, 6.07) is 9.18. The van der Waals surface area contributed by atoms with Crippen LogP contribution in [0.15, 0.2) is 24.3 Å². The van der Waals surface area contributed by atoms with Gasteiger partial charge >= 0.3 is 0 Å². The van der Waals surface area contributed by atoms with Gasteiger partial charge in [0.25, 0.3) is 0 Å². The van der Waals surface area contributed by atoms with Crippen LogP contribution in [0.4, 0.5) is 5.69 Å². The Kier molecular flexibility index (Phi) is 4.02. The van der Waals surface area contributed by atoms with E-state index in [1.54, 1.807) is 0 Å². The van der Waals surface area contributed by atoms with Crippen molar-refractivity contribution in [2.75, 3.05) is 18.0 Å². The van der Waals surface area contributed by atoms with Gasteiger partial charge in [-0.05, 0) is 69.6 Å². The van der Waals surface area contributed by atoms with E-state index < -0.39 is 0 Å². The van der Waals surface area contributed by atoms with Gasteiger partial charge in [0.15, 0.2) is 0 Å². The Morgan fingerprint density at radius 1 is 1.05 bits per heavy atom. The van der Waals surface area contributed by atoms with Gasteiger partial charge in [-0.2, -0.15) is 0 Å². The van der Waals surface area contributed by atoms with E-state index in [1.165, 1.54) is 56.4 Å². The van der Waals surface area contributed by atoms with Crippen molar-refractivity contribution in [1.29, 1.82) is 0 Å². The maximum Gasteiger partial charge on any atom is 0.0366 e. The maximum absolute atomic E-state index is 3.72. The standard InChI is InChI=1S/C18H28N2/c1-18(2,16-8-9-16)19-14-15-6-10-17(11-7-15)20-12-4-3-5-13-20/h6-7,10-11,16,19H,3-5,8-9,12-14H2,1-2H3. The predicted octanol–water partition coefficient (Wildman–Crippen LogP) is 3.96. The SMILES string of the molecule is CC(C)(NCc1ccc(N2CCCCC2)cc1)C1CC1. The van der Waals surface area contributed by atoms with Crippen molar-refractivity contribution < 1.29 is 0 Å². The smallest absolute Gasteiger partial charge is 0.0366 e. The van der Waals surface area contributed by atoms with Gasteiger partial charge in [0.05, 0.1) is 0 Å². The van der Waals surface area contributed by atoms with E-state index in [4.69, 9.17) is 0 Å². The largest absolute Gasteiger partial charge is 0.372 e. The van der Waals surface area contributed by atoms with E-state index in [0.717, 1.165) is 12.5 Å².